The Morgan fingerprint density at radius 2 is 1.43 bits per heavy atom. The fraction of sp³-hybridized carbons (Fsp3) is 0.143. The molecule has 0 spiro atoms. The van der Waals surface area contributed by atoms with Crippen molar-refractivity contribution in [1.82, 2.24) is 20.6 Å². The first-order chi connectivity index (χ1) is 17.9. The molecule has 5 aromatic rings. The van der Waals surface area contributed by atoms with E-state index >= 15 is 0 Å². The number of amides is 2. The first-order valence-electron chi connectivity index (χ1n) is 11.8. The third-order valence-corrected chi connectivity index (χ3v) is 6.35. The van der Waals surface area contributed by atoms with Crippen LogP contribution in [0.4, 0.5) is 4.39 Å². The molecule has 188 valence electrons. The summed E-state index contributed by atoms with van der Waals surface area (Å²) in [5.41, 5.74) is 3.59. The number of carbonyl (C=O) groups is 2. The van der Waals surface area contributed by atoms with Crippen molar-refractivity contribution < 1.29 is 24.2 Å². The Hall–Kier alpha value is -4.79. The number of fused-ring (bicyclic) bond motifs is 2. The number of hydrogen-bond donors (Lipinski definition) is 6. The van der Waals surface area contributed by atoms with Gasteiger partial charge in [0, 0.05) is 52.7 Å². The van der Waals surface area contributed by atoms with E-state index in [1.807, 2.05) is 6.20 Å². The van der Waals surface area contributed by atoms with Gasteiger partial charge in [-0.2, -0.15) is 0 Å². The maximum Gasteiger partial charge on any atom is 0.251 e. The number of rotatable bonds is 8. The van der Waals surface area contributed by atoms with E-state index in [1.54, 1.807) is 42.6 Å². The fourth-order valence-electron chi connectivity index (χ4n) is 4.42. The molecule has 0 bridgehead atoms. The summed E-state index contributed by atoms with van der Waals surface area (Å²) >= 11 is 0. The molecule has 6 N–H and O–H groups in total. The molecule has 5 rings (SSSR count). The summed E-state index contributed by atoms with van der Waals surface area (Å²) in [6.07, 6.45) is 4.26. The first kappa shape index (κ1) is 23.9. The molecule has 0 fully saturated rings. The lowest BCUT2D eigenvalue weighted by atomic mass is 10.0. The topological polar surface area (TPSA) is 130 Å². The lowest BCUT2D eigenvalue weighted by molar-refractivity contribution is -0.122. The fourth-order valence-corrected chi connectivity index (χ4v) is 4.42. The van der Waals surface area contributed by atoms with Gasteiger partial charge >= 0.3 is 0 Å². The number of halogens is 1. The van der Waals surface area contributed by atoms with E-state index in [0.29, 0.717) is 13.0 Å². The zero-order valence-electron chi connectivity index (χ0n) is 19.7. The molecule has 0 aliphatic rings. The molecule has 1 unspecified atom stereocenters. The van der Waals surface area contributed by atoms with Crippen molar-refractivity contribution in [2.75, 3.05) is 6.54 Å². The number of benzene rings is 3. The highest BCUT2D eigenvalue weighted by Crippen LogP contribution is 2.25. The summed E-state index contributed by atoms with van der Waals surface area (Å²) in [7, 11) is 0. The number of nitrogens with one attached hydrogen (secondary N) is 4. The predicted octanol–water partition coefficient (Wildman–Crippen LogP) is 3.90. The Bertz CT molecular complexity index is 1590. The van der Waals surface area contributed by atoms with Crippen molar-refractivity contribution in [3.8, 4) is 11.5 Å². The lowest BCUT2D eigenvalue weighted by Gasteiger charge is -2.18. The van der Waals surface area contributed by atoms with Crippen LogP contribution >= 0.6 is 0 Å². The van der Waals surface area contributed by atoms with Crippen molar-refractivity contribution in [3.05, 3.63) is 95.6 Å². The molecule has 37 heavy (non-hydrogen) atoms. The average molecular weight is 501 g/mol. The van der Waals surface area contributed by atoms with Crippen LogP contribution in [0.15, 0.2) is 73.1 Å². The molecule has 9 heteroatoms. The molecule has 0 aliphatic heterocycles. The Morgan fingerprint density at radius 1 is 0.838 bits per heavy atom. The van der Waals surface area contributed by atoms with Gasteiger partial charge in [0.25, 0.3) is 5.91 Å². The van der Waals surface area contributed by atoms with Gasteiger partial charge in [0.05, 0.1) is 0 Å². The van der Waals surface area contributed by atoms with Gasteiger partial charge in [-0.05, 0) is 78.2 Å². The Morgan fingerprint density at radius 3 is 2.08 bits per heavy atom. The summed E-state index contributed by atoms with van der Waals surface area (Å²) < 4.78 is 13.3. The highest BCUT2D eigenvalue weighted by Gasteiger charge is 2.23. The summed E-state index contributed by atoms with van der Waals surface area (Å²) in [5.74, 6) is -1.10. The second-order valence-electron chi connectivity index (χ2n) is 8.87. The van der Waals surface area contributed by atoms with E-state index in [1.165, 1.54) is 24.3 Å². The third kappa shape index (κ3) is 5.25. The van der Waals surface area contributed by atoms with Crippen LogP contribution in [0.2, 0.25) is 0 Å². The minimum atomic E-state index is -0.925. The van der Waals surface area contributed by atoms with Gasteiger partial charge in [-0.15, -0.1) is 0 Å². The zero-order valence-corrected chi connectivity index (χ0v) is 19.7. The standard InChI is InChI=1S/C28H25FN4O4/c29-19-3-1-16(2-4-19)27(36)33-26(11-18-15-32-25-8-6-21(35)13-23(18)25)28(37)30-10-9-17-14-31-24-7-5-20(34)12-22(17)24/h1-8,12-15,26,31-32,34-35H,9-11H2,(H,30,37)(H,33,36). The van der Waals surface area contributed by atoms with E-state index in [2.05, 4.69) is 20.6 Å². The van der Waals surface area contributed by atoms with Crippen LogP contribution in [0.5, 0.6) is 11.5 Å². The molecule has 1 atom stereocenters. The molecule has 8 nitrogen and oxygen atoms in total. The normalized spacial score (nSPS) is 12.0. The maximum absolute atomic E-state index is 13.3. The highest BCUT2D eigenvalue weighted by molar-refractivity contribution is 5.98. The number of hydrogen-bond acceptors (Lipinski definition) is 4. The summed E-state index contributed by atoms with van der Waals surface area (Å²) in [6, 6.07) is 14.1. The number of aromatic amines is 2. The Kier molecular flexibility index (Phi) is 6.51. The minimum Gasteiger partial charge on any atom is -0.508 e. The van der Waals surface area contributed by atoms with Crippen LogP contribution in [-0.2, 0) is 17.6 Å². The van der Waals surface area contributed by atoms with E-state index in [9.17, 15) is 24.2 Å². The zero-order chi connectivity index (χ0) is 25.9. The molecule has 0 saturated carbocycles. The lowest BCUT2D eigenvalue weighted by Crippen LogP contribution is -2.48. The maximum atomic E-state index is 13.3. The predicted molar refractivity (Wildman–Crippen MR) is 138 cm³/mol. The van der Waals surface area contributed by atoms with Crippen LogP contribution in [0.3, 0.4) is 0 Å². The largest absolute Gasteiger partial charge is 0.508 e. The molecule has 2 aromatic heterocycles. The Labute approximate surface area is 211 Å². The summed E-state index contributed by atoms with van der Waals surface area (Å²) in [5, 5.41) is 27.0. The molecule has 0 saturated heterocycles. The van der Waals surface area contributed by atoms with Crippen molar-refractivity contribution in [1.29, 1.82) is 0 Å². The SMILES string of the molecule is O=C(NC(Cc1c[nH]c2ccc(O)cc12)C(=O)NCCc1c[nH]c2ccc(O)cc12)c1ccc(F)cc1. The molecule has 0 aliphatic carbocycles. The number of H-pyrrole nitrogens is 2. The van der Waals surface area contributed by atoms with Crippen molar-refractivity contribution in [3.63, 3.8) is 0 Å². The van der Waals surface area contributed by atoms with Crippen molar-refractivity contribution in [2.45, 2.75) is 18.9 Å². The number of aromatic nitrogens is 2. The second-order valence-corrected chi connectivity index (χ2v) is 8.87. The van der Waals surface area contributed by atoms with Gasteiger partial charge in [-0.3, -0.25) is 9.59 Å². The van der Waals surface area contributed by atoms with Crippen molar-refractivity contribution in [2.24, 2.45) is 0 Å². The van der Waals surface area contributed by atoms with E-state index in [0.717, 1.165) is 32.9 Å². The van der Waals surface area contributed by atoms with Gasteiger partial charge < -0.3 is 30.8 Å². The van der Waals surface area contributed by atoms with E-state index in [-0.39, 0.29) is 29.4 Å². The van der Waals surface area contributed by atoms with Gasteiger partial charge in [0.2, 0.25) is 5.91 Å². The molecule has 3 aromatic carbocycles. The molecule has 0 radical (unpaired) electrons. The van der Waals surface area contributed by atoms with Crippen LogP contribution in [0.1, 0.15) is 21.5 Å². The van der Waals surface area contributed by atoms with Crippen molar-refractivity contribution >= 4 is 33.6 Å². The van der Waals surface area contributed by atoms with Gasteiger partial charge in [-0.1, -0.05) is 0 Å². The van der Waals surface area contributed by atoms with E-state index in [4.69, 9.17) is 0 Å². The first-order valence-corrected chi connectivity index (χ1v) is 11.8. The van der Waals surface area contributed by atoms with Gasteiger partial charge in [-0.25, -0.2) is 4.39 Å². The van der Waals surface area contributed by atoms with Gasteiger partial charge in [0.15, 0.2) is 0 Å². The number of phenolic OH excluding ortho intramolecular Hbond substituents is 2. The van der Waals surface area contributed by atoms with Crippen LogP contribution in [0, 0.1) is 5.82 Å². The van der Waals surface area contributed by atoms with Crippen LogP contribution in [0.25, 0.3) is 21.8 Å². The smallest absolute Gasteiger partial charge is 0.251 e. The van der Waals surface area contributed by atoms with Gasteiger partial charge in [0.1, 0.15) is 23.4 Å². The molecule has 2 amide bonds. The Balaban J connectivity index is 1.33. The summed E-state index contributed by atoms with van der Waals surface area (Å²) in [6.45, 7) is 0.305. The number of carbonyl (C=O) groups excluding carboxylic acids is 2. The minimum absolute atomic E-state index is 0.0921. The molecular formula is C28H25FN4O4. The average Bonchev–Trinajstić information content (AvgIpc) is 3.47. The van der Waals surface area contributed by atoms with Crippen LogP contribution in [-0.4, -0.2) is 44.6 Å². The monoisotopic (exact) mass is 500 g/mol. The van der Waals surface area contributed by atoms with E-state index < -0.39 is 17.8 Å². The second kappa shape index (κ2) is 10.1. The third-order valence-electron chi connectivity index (χ3n) is 6.35. The summed E-state index contributed by atoms with van der Waals surface area (Å²) in [4.78, 5) is 32.4. The molecular weight excluding hydrogens is 475 g/mol. The van der Waals surface area contributed by atoms with Crippen LogP contribution < -0.4 is 10.6 Å². The number of aromatic hydroxyl groups is 2. The molecule has 2 heterocycles. The number of phenols is 2. The quantitative estimate of drug-likeness (QED) is 0.193. The highest BCUT2D eigenvalue weighted by atomic mass is 19.1.